The summed E-state index contributed by atoms with van der Waals surface area (Å²) in [5, 5.41) is 0. The smallest absolute Gasteiger partial charge is 0.0650 e. The molecule has 1 heteroatoms. The topological polar surface area (TPSA) is 9.23 Å². The Morgan fingerprint density at radius 3 is 1.94 bits per heavy atom. The Balaban J connectivity index is 3.14. The molecule has 1 atom stereocenters. The van der Waals surface area contributed by atoms with Crippen LogP contribution in [0.1, 0.15) is 55.4 Å². The van der Waals surface area contributed by atoms with Gasteiger partial charge in [0.15, 0.2) is 0 Å². The molecule has 100 valence electrons. The lowest BCUT2D eigenvalue weighted by Gasteiger charge is -2.48. The van der Waals surface area contributed by atoms with Gasteiger partial charge in [-0.1, -0.05) is 67.0 Å². The van der Waals surface area contributed by atoms with Gasteiger partial charge < -0.3 is 4.74 Å². The average Bonchev–Trinajstić information content (AvgIpc) is 2.14. The van der Waals surface area contributed by atoms with Crippen molar-refractivity contribution in [2.75, 3.05) is 13.2 Å². The van der Waals surface area contributed by atoms with E-state index in [0.29, 0.717) is 5.92 Å². The average molecular weight is 238 g/mol. The SMILES string of the molecule is CC(C)(C)C1COCC=C1C(C)(C)C(C)(C)C. The van der Waals surface area contributed by atoms with Gasteiger partial charge in [0.05, 0.1) is 13.2 Å². The lowest BCUT2D eigenvalue weighted by atomic mass is 9.58. The van der Waals surface area contributed by atoms with Crippen molar-refractivity contribution < 1.29 is 4.74 Å². The van der Waals surface area contributed by atoms with Crippen LogP contribution in [0.4, 0.5) is 0 Å². The lowest BCUT2D eigenvalue weighted by Crippen LogP contribution is -2.41. The van der Waals surface area contributed by atoms with Gasteiger partial charge in [-0.15, -0.1) is 0 Å². The molecule has 1 aliphatic heterocycles. The van der Waals surface area contributed by atoms with E-state index in [2.05, 4.69) is 61.5 Å². The van der Waals surface area contributed by atoms with Gasteiger partial charge in [-0.2, -0.15) is 0 Å². The molecule has 1 aliphatic rings. The maximum atomic E-state index is 5.67. The van der Waals surface area contributed by atoms with Gasteiger partial charge in [0, 0.05) is 5.92 Å². The minimum Gasteiger partial charge on any atom is -0.377 e. The third kappa shape index (κ3) is 2.93. The summed E-state index contributed by atoms with van der Waals surface area (Å²) in [6.45, 7) is 20.4. The largest absolute Gasteiger partial charge is 0.377 e. The highest BCUT2D eigenvalue weighted by molar-refractivity contribution is 5.22. The fourth-order valence-corrected chi connectivity index (χ4v) is 2.41. The molecule has 0 bridgehead atoms. The Hall–Kier alpha value is -0.300. The van der Waals surface area contributed by atoms with Gasteiger partial charge in [-0.25, -0.2) is 0 Å². The van der Waals surface area contributed by atoms with E-state index in [1.807, 2.05) is 0 Å². The van der Waals surface area contributed by atoms with Crippen molar-refractivity contribution in [3.8, 4) is 0 Å². The summed E-state index contributed by atoms with van der Waals surface area (Å²) in [5.74, 6) is 0.533. The van der Waals surface area contributed by atoms with Crippen LogP contribution in [-0.2, 0) is 4.74 Å². The lowest BCUT2D eigenvalue weighted by molar-refractivity contribution is 0.0422. The monoisotopic (exact) mass is 238 g/mol. The molecule has 1 heterocycles. The highest BCUT2D eigenvalue weighted by Crippen LogP contribution is 2.50. The van der Waals surface area contributed by atoms with Crippen molar-refractivity contribution in [2.24, 2.45) is 22.2 Å². The first-order chi connectivity index (χ1) is 7.48. The molecule has 0 amide bonds. The van der Waals surface area contributed by atoms with Crippen molar-refractivity contribution in [1.29, 1.82) is 0 Å². The molecule has 0 spiro atoms. The van der Waals surface area contributed by atoms with E-state index in [1.54, 1.807) is 5.57 Å². The van der Waals surface area contributed by atoms with Crippen LogP contribution in [-0.4, -0.2) is 13.2 Å². The molecular weight excluding hydrogens is 208 g/mol. The van der Waals surface area contributed by atoms with Gasteiger partial charge in [-0.3, -0.25) is 0 Å². The summed E-state index contributed by atoms with van der Waals surface area (Å²) >= 11 is 0. The molecule has 0 N–H and O–H groups in total. The van der Waals surface area contributed by atoms with Gasteiger partial charge in [0.1, 0.15) is 0 Å². The first kappa shape index (κ1) is 14.8. The number of ether oxygens (including phenoxy) is 1. The number of rotatable bonds is 1. The highest BCUT2D eigenvalue weighted by Gasteiger charge is 2.43. The van der Waals surface area contributed by atoms with Crippen LogP contribution in [0, 0.1) is 22.2 Å². The number of hydrogen-bond donors (Lipinski definition) is 0. The van der Waals surface area contributed by atoms with Crippen LogP contribution in [0.2, 0.25) is 0 Å². The molecule has 1 unspecified atom stereocenters. The normalized spacial score (nSPS) is 23.5. The maximum Gasteiger partial charge on any atom is 0.0650 e. The maximum absolute atomic E-state index is 5.67. The Morgan fingerprint density at radius 2 is 1.53 bits per heavy atom. The predicted octanol–water partition coefficient (Wildman–Crippen LogP) is 4.68. The zero-order valence-electron chi connectivity index (χ0n) is 13.0. The standard InChI is InChI=1S/C16H30O/c1-14(2,3)13-11-17-10-9-12(13)16(7,8)15(4,5)6/h9,13H,10-11H2,1-8H3. The molecule has 0 aliphatic carbocycles. The molecule has 0 saturated heterocycles. The van der Waals surface area contributed by atoms with E-state index in [0.717, 1.165) is 13.2 Å². The molecule has 0 aromatic rings. The zero-order chi connectivity index (χ0) is 13.5. The van der Waals surface area contributed by atoms with Gasteiger partial charge in [-0.05, 0) is 16.2 Å². The Bertz CT molecular complexity index is 296. The molecule has 1 nitrogen and oxygen atoms in total. The highest BCUT2D eigenvalue weighted by atomic mass is 16.5. The minimum absolute atomic E-state index is 0.217. The van der Waals surface area contributed by atoms with Crippen molar-refractivity contribution in [3.63, 3.8) is 0 Å². The molecular formula is C16H30O. The molecule has 0 aromatic heterocycles. The first-order valence-electron chi connectivity index (χ1n) is 6.76. The number of hydrogen-bond acceptors (Lipinski definition) is 1. The third-order valence-corrected chi connectivity index (χ3v) is 4.72. The van der Waals surface area contributed by atoms with Crippen LogP contribution < -0.4 is 0 Å². The molecule has 0 radical (unpaired) electrons. The predicted molar refractivity (Wildman–Crippen MR) is 75.1 cm³/mol. The van der Waals surface area contributed by atoms with Crippen LogP contribution >= 0.6 is 0 Å². The van der Waals surface area contributed by atoms with Crippen LogP contribution in [0.5, 0.6) is 0 Å². The van der Waals surface area contributed by atoms with Crippen molar-refractivity contribution in [2.45, 2.75) is 55.4 Å². The second-order valence-corrected chi connectivity index (χ2v) is 7.99. The fraction of sp³-hybridized carbons (Fsp3) is 0.875. The van der Waals surface area contributed by atoms with Crippen molar-refractivity contribution >= 4 is 0 Å². The Labute approximate surface area is 108 Å². The van der Waals surface area contributed by atoms with Crippen molar-refractivity contribution in [3.05, 3.63) is 11.6 Å². The second-order valence-electron chi connectivity index (χ2n) is 7.99. The van der Waals surface area contributed by atoms with Gasteiger partial charge in [0.2, 0.25) is 0 Å². The summed E-state index contributed by atoms with van der Waals surface area (Å²) in [6, 6.07) is 0. The van der Waals surface area contributed by atoms with Gasteiger partial charge in [0.25, 0.3) is 0 Å². The molecule has 17 heavy (non-hydrogen) atoms. The van der Waals surface area contributed by atoms with Gasteiger partial charge >= 0.3 is 0 Å². The van der Waals surface area contributed by atoms with Crippen LogP contribution in [0.15, 0.2) is 11.6 Å². The fourth-order valence-electron chi connectivity index (χ4n) is 2.41. The zero-order valence-corrected chi connectivity index (χ0v) is 13.0. The summed E-state index contributed by atoms with van der Waals surface area (Å²) < 4.78 is 5.67. The van der Waals surface area contributed by atoms with Crippen molar-refractivity contribution in [1.82, 2.24) is 0 Å². The first-order valence-corrected chi connectivity index (χ1v) is 6.76. The summed E-state index contributed by atoms with van der Waals surface area (Å²) in [4.78, 5) is 0. The van der Waals surface area contributed by atoms with E-state index in [-0.39, 0.29) is 16.2 Å². The van der Waals surface area contributed by atoms with Crippen LogP contribution in [0.25, 0.3) is 0 Å². The van der Waals surface area contributed by atoms with E-state index in [4.69, 9.17) is 4.74 Å². The quantitative estimate of drug-likeness (QED) is 0.603. The van der Waals surface area contributed by atoms with E-state index < -0.39 is 0 Å². The second kappa shape index (κ2) is 4.42. The van der Waals surface area contributed by atoms with Crippen LogP contribution in [0.3, 0.4) is 0 Å². The summed E-state index contributed by atoms with van der Waals surface area (Å²) in [5.41, 5.74) is 2.35. The molecule has 0 aromatic carbocycles. The third-order valence-electron chi connectivity index (χ3n) is 4.72. The minimum atomic E-state index is 0.217. The molecule has 1 rings (SSSR count). The summed E-state index contributed by atoms with van der Waals surface area (Å²) in [7, 11) is 0. The van der Waals surface area contributed by atoms with E-state index >= 15 is 0 Å². The van der Waals surface area contributed by atoms with E-state index in [9.17, 15) is 0 Å². The summed E-state index contributed by atoms with van der Waals surface area (Å²) in [6.07, 6.45) is 2.32. The Kier molecular flexibility index (Phi) is 3.84. The van der Waals surface area contributed by atoms with E-state index in [1.165, 1.54) is 0 Å². The molecule has 0 saturated carbocycles. The molecule has 0 fully saturated rings. The Morgan fingerprint density at radius 1 is 1.00 bits per heavy atom.